The molecule has 0 saturated carbocycles. The van der Waals surface area contributed by atoms with E-state index in [-0.39, 0.29) is 12.1 Å². The van der Waals surface area contributed by atoms with Crippen LogP contribution in [0.15, 0.2) is 22.7 Å². The molecule has 1 atom stereocenters. The Morgan fingerprint density at radius 3 is 2.95 bits per heavy atom. The summed E-state index contributed by atoms with van der Waals surface area (Å²) in [5.74, 6) is 1.73. The van der Waals surface area contributed by atoms with Crippen molar-refractivity contribution in [2.75, 3.05) is 5.32 Å². The maximum absolute atomic E-state index is 12.2. The number of carbonyl (C=O) groups is 1. The number of anilines is 1. The highest BCUT2D eigenvalue weighted by molar-refractivity contribution is 9.10. The third-order valence-corrected chi connectivity index (χ3v) is 4.48. The van der Waals surface area contributed by atoms with Crippen LogP contribution < -0.4 is 10.6 Å². The van der Waals surface area contributed by atoms with E-state index in [1.165, 1.54) is 0 Å². The number of hydrogen-bond acceptors (Lipinski definition) is 3. The molecule has 0 unspecified atom stereocenters. The van der Waals surface area contributed by atoms with Crippen LogP contribution in [-0.4, -0.2) is 20.8 Å². The molecule has 1 aliphatic rings. The summed E-state index contributed by atoms with van der Waals surface area (Å²) in [6.45, 7) is 4.85. The minimum Gasteiger partial charge on any atom is -0.328 e. The first-order valence-electron chi connectivity index (χ1n) is 7.28. The molecule has 2 heterocycles. The molecule has 1 aliphatic heterocycles. The molecule has 3 rings (SSSR count). The monoisotopic (exact) mass is 363 g/mol. The zero-order valence-electron chi connectivity index (χ0n) is 12.6. The minimum absolute atomic E-state index is 0.0980. The molecule has 2 amide bonds. The molecule has 2 N–H and O–H groups in total. The molecule has 116 valence electrons. The van der Waals surface area contributed by atoms with E-state index in [0.29, 0.717) is 0 Å². The van der Waals surface area contributed by atoms with Crippen molar-refractivity contribution < 1.29 is 4.79 Å². The standard InChI is InChI=1S/C15H18BrN5O/c1-9-5-6-12(11(16)8-9)17-15(22)18-13-4-3-7-21-10(2)19-20-14(13)21/h5-6,8,13H,3-4,7H2,1-2H3,(H2,17,18,22)/t13-/m1/s1. The molecular weight excluding hydrogens is 346 g/mol. The van der Waals surface area contributed by atoms with Gasteiger partial charge in [0, 0.05) is 11.0 Å². The molecule has 1 aromatic carbocycles. The van der Waals surface area contributed by atoms with Crippen LogP contribution in [0.4, 0.5) is 10.5 Å². The predicted molar refractivity (Wildman–Crippen MR) is 87.8 cm³/mol. The first-order valence-corrected chi connectivity index (χ1v) is 8.07. The van der Waals surface area contributed by atoms with E-state index >= 15 is 0 Å². The van der Waals surface area contributed by atoms with Crippen molar-refractivity contribution in [1.82, 2.24) is 20.1 Å². The average molecular weight is 364 g/mol. The van der Waals surface area contributed by atoms with Gasteiger partial charge in [-0.15, -0.1) is 10.2 Å². The number of fused-ring (bicyclic) bond motifs is 1. The quantitative estimate of drug-likeness (QED) is 0.859. The number of amides is 2. The summed E-state index contributed by atoms with van der Waals surface area (Å²) in [4.78, 5) is 12.2. The lowest BCUT2D eigenvalue weighted by Gasteiger charge is -2.24. The molecule has 7 heteroatoms. The van der Waals surface area contributed by atoms with Gasteiger partial charge in [-0.3, -0.25) is 0 Å². The van der Waals surface area contributed by atoms with Gasteiger partial charge in [0.1, 0.15) is 5.82 Å². The van der Waals surface area contributed by atoms with Crippen molar-refractivity contribution >= 4 is 27.6 Å². The number of benzene rings is 1. The Morgan fingerprint density at radius 2 is 2.18 bits per heavy atom. The number of nitrogens with one attached hydrogen (secondary N) is 2. The first kappa shape index (κ1) is 15.0. The number of rotatable bonds is 2. The third kappa shape index (κ3) is 2.99. The van der Waals surface area contributed by atoms with E-state index < -0.39 is 0 Å². The summed E-state index contributed by atoms with van der Waals surface area (Å²) in [6, 6.07) is 5.48. The van der Waals surface area contributed by atoms with Crippen molar-refractivity contribution in [3.8, 4) is 0 Å². The summed E-state index contributed by atoms with van der Waals surface area (Å²) in [6.07, 6.45) is 1.88. The van der Waals surface area contributed by atoms with Gasteiger partial charge in [-0.1, -0.05) is 6.07 Å². The Kier molecular flexibility index (Phi) is 4.15. The predicted octanol–water partition coefficient (Wildman–Crippen LogP) is 3.31. The van der Waals surface area contributed by atoms with E-state index in [2.05, 4.69) is 41.3 Å². The maximum atomic E-state index is 12.2. The van der Waals surface area contributed by atoms with Gasteiger partial charge >= 0.3 is 6.03 Å². The molecule has 0 bridgehead atoms. The van der Waals surface area contributed by atoms with Gasteiger partial charge in [-0.25, -0.2) is 4.79 Å². The van der Waals surface area contributed by atoms with Crippen LogP contribution >= 0.6 is 15.9 Å². The largest absolute Gasteiger partial charge is 0.328 e. The SMILES string of the molecule is Cc1ccc(NC(=O)N[C@@H]2CCCn3c(C)nnc32)c(Br)c1. The maximum Gasteiger partial charge on any atom is 0.319 e. The number of urea groups is 1. The van der Waals surface area contributed by atoms with Gasteiger partial charge < -0.3 is 15.2 Å². The van der Waals surface area contributed by atoms with Gasteiger partial charge in [-0.2, -0.15) is 0 Å². The van der Waals surface area contributed by atoms with Crippen molar-refractivity contribution in [2.24, 2.45) is 0 Å². The van der Waals surface area contributed by atoms with Gasteiger partial charge in [0.15, 0.2) is 5.82 Å². The van der Waals surface area contributed by atoms with E-state index in [1.54, 1.807) is 0 Å². The average Bonchev–Trinajstić information content (AvgIpc) is 2.85. The Morgan fingerprint density at radius 1 is 1.36 bits per heavy atom. The Hall–Kier alpha value is -1.89. The van der Waals surface area contributed by atoms with Crippen LogP contribution in [0.3, 0.4) is 0 Å². The van der Waals surface area contributed by atoms with Crippen LogP contribution in [-0.2, 0) is 6.54 Å². The number of carbonyl (C=O) groups excluding carboxylic acids is 1. The molecule has 22 heavy (non-hydrogen) atoms. The van der Waals surface area contributed by atoms with E-state index in [1.807, 2.05) is 32.0 Å². The van der Waals surface area contributed by atoms with Gasteiger partial charge in [0.2, 0.25) is 0 Å². The highest BCUT2D eigenvalue weighted by Gasteiger charge is 2.25. The molecule has 0 fully saturated rings. The second-order valence-corrected chi connectivity index (χ2v) is 6.39. The van der Waals surface area contributed by atoms with Crippen LogP contribution in [0.25, 0.3) is 0 Å². The minimum atomic E-state index is -0.233. The van der Waals surface area contributed by atoms with Crippen LogP contribution in [0.1, 0.15) is 36.1 Å². The Balaban J connectivity index is 1.70. The normalized spacial score (nSPS) is 17.0. The zero-order valence-corrected chi connectivity index (χ0v) is 14.1. The van der Waals surface area contributed by atoms with Crippen LogP contribution in [0, 0.1) is 13.8 Å². The van der Waals surface area contributed by atoms with E-state index in [0.717, 1.165) is 46.8 Å². The van der Waals surface area contributed by atoms with E-state index in [4.69, 9.17) is 0 Å². The zero-order chi connectivity index (χ0) is 15.7. The fourth-order valence-electron chi connectivity index (χ4n) is 2.69. The second kappa shape index (κ2) is 6.08. The van der Waals surface area contributed by atoms with E-state index in [9.17, 15) is 4.79 Å². The summed E-state index contributed by atoms with van der Waals surface area (Å²) >= 11 is 3.46. The molecule has 0 radical (unpaired) electrons. The Labute approximate surface area is 137 Å². The summed E-state index contributed by atoms with van der Waals surface area (Å²) in [5.41, 5.74) is 1.88. The highest BCUT2D eigenvalue weighted by atomic mass is 79.9. The fraction of sp³-hybridized carbons (Fsp3) is 0.400. The molecule has 2 aromatic rings. The number of aryl methyl sites for hydroxylation is 2. The van der Waals surface area contributed by atoms with Crippen molar-refractivity contribution in [2.45, 2.75) is 39.3 Å². The Bertz CT molecular complexity index is 712. The number of nitrogens with zero attached hydrogens (tertiary/aromatic N) is 3. The van der Waals surface area contributed by atoms with Crippen molar-refractivity contribution in [3.05, 3.63) is 39.9 Å². The molecular formula is C15H18BrN5O. The number of hydrogen-bond donors (Lipinski definition) is 2. The van der Waals surface area contributed by atoms with Gasteiger partial charge in [0.05, 0.1) is 11.7 Å². The third-order valence-electron chi connectivity index (χ3n) is 3.83. The summed E-state index contributed by atoms with van der Waals surface area (Å²) in [5, 5.41) is 14.1. The summed E-state index contributed by atoms with van der Waals surface area (Å²) < 4.78 is 2.93. The van der Waals surface area contributed by atoms with Crippen molar-refractivity contribution in [1.29, 1.82) is 0 Å². The summed E-state index contributed by atoms with van der Waals surface area (Å²) in [7, 11) is 0. The highest BCUT2D eigenvalue weighted by Crippen LogP contribution is 2.26. The molecule has 0 aliphatic carbocycles. The van der Waals surface area contributed by atoms with Gasteiger partial charge in [-0.05, 0) is 60.3 Å². The number of aromatic nitrogens is 3. The molecule has 1 aromatic heterocycles. The smallest absolute Gasteiger partial charge is 0.319 e. The molecule has 0 saturated heterocycles. The first-order chi connectivity index (χ1) is 10.5. The second-order valence-electron chi connectivity index (χ2n) is 5.53. The molecule has 6 nitrogen and oxygen atoms in total. The lowest BCUT2D eigenvalue weighted by atomic mass is 10.1. The lowest BCUT2D eigenvalue weighted by Crippen LogP contribution is -2.36. The topological polar surface area (TPSA) is 71.8 Å². The van der Waals surface area contributed by atoms with Gasteiger partial charge in [0.25, 0.3) is 0 Å². The molecule has 0 spiro atoms. The fourth-order valence-corrected chi connectivity index (χ4v) is 3.28. The van der Waals surface area contributed by atoms with Crippen LogP contribution in [0.5, 0.6) is 0 Å². The lowest BCUT2D eigenvalue weighted by molar-refractivity contribution is 0.244. The number of halogens is 1. The van der Waals surface area contributed by atoms with Crippen LogP contribution in [0.2, 0.25) is 0 Å². The van der Waals surface area contributed by atoms with Crippen molar-refractivity contribution in [3.63, 3.8) is 0 Å².